The Balaban J connectivity index is 2.02. The van der Waals surface area contributed by atoms with E-state index >= 15 is 0 Å². The molecule has 2 unspecified atom stereocenters. The van der Waals surface area contributed by atoms with E-state index < -0.39 is 6.36 Å². The maximum atomic E-state index is 12.3. The first kappa shape index (κ1) is 14.2. The number of para-hydroxylation sites is 1. The molecule has 0 radical (unpaired) electrons. The van der Waals surface area contributed by atoms with E-state index in [2.05, 4.69) is 23.9 Å². The van der Waals surface area contributed by atoms with Crippen molar-refractivity contribution in [2.24, 2.45) is 5.92 Å². The van der Waals surface area contributed by atoms with Crippen molar-refractivity contribution in [1.29, 1.82) is 0 Å². The largest absolute Gasteiger partial charge is 0.573 e. The van der Waals surface area contributed by atoms with E-state index in [1.54, 1.807) is 18.2 Å². The van der Waals surface area contributed by atoms with E-state index in [0.29, 0.717) is 17.5 Å². The Kier molecular flexibility index (Phi) is 4.04. The van der Waals surface area contributed by atoms with Crippen molar-refractivity contribution in [3.05, 3.63) is 29.8 Å². The van der Waals surface area contributed by atoms with Crippen LogP contribution in [0.5, 0.6) is 5.75 Å². The minimum absolute atomic E-state index is 0.0629. The molecular formula is C14H18F3NO. The zero-order valence-corrected chi connectivity index (χ0v) is 11.0. The van der Waals surface area contributed by atoms with Gasteiger partial charge in [-0.2, -0.15) is 0 Å². The fourth-order valence-corrected chi connectivity index (χ4v) is 2.25. The molecule has 0 aromatic heterocycles. The van der Waals surface area contributed by atoms with Crippen LogP contribution < -0.4 is 10.1 Å². The molecule has 5 heteroatoms. The van der Waals surface area contributed by atoms with Gasteiger partial charge in [0, 0.05) is 6.04 Å². The van der Waals surface area contributed by atoms with Crippen LogP contribution in [-0.2, 0) is 0 Å². The molecule has 1 aromatic rings. The van der Waals surface area contributed by atoms with Gasteiger partial charge < -0.3 is 10.1 Å². The summed E-state index contributed by atoms with van der Waals surface area (Å²) < 4.78 is 41.1. The summed E-state index contributed by atoms with van der Waals surface area (Å²) >= 11 is 0. The fourth-order valence-electron chi connectivity index (χ4n) is 2.25. The van der Waals surface area contributed by atoms with Crippen LogP contribution in [0.4, 0.5) is 13.2 Å². The van der Waals surface area contributed by atoms with Gasteiger partial charge in [-0.25, -0.2) is 0 Å². The topological polar surface area (TPSA) is 21.3 Å². The molecule has 1 N–H and O–H groups in total. The summed E-state index contributed by atoms with van der Waals surface area (Å²) in [4.78, 5) is 0. The first-order valence-corrected chi connectivity index (χ1v) is 6.45. The van der Waals surface area contributed by atoms with Gasteiger partial charge in [0.2, 0.25) is 0 Å². The van der Waals surface area contributed by atoms with Crippen LogP contribution in [0.1, 0.15) is 31.7 Å². The second-order valence-corrected chi connectivity index (χ2v) is 5.25. The second kappa shape index (κ2) is 5.41. The molecule has 0 spiro atoms. The molecule has 2 atom stereocenters. The Morgan fingerprint density at radius 2 is 2.00 bits per heavy atom. The van der Waals surface area contributed by atoms with Crippen molar-refractivity contribution in [1.82, 2.24) is 5.32 Å². The van der Waals surface area contributed by atoms with Gasteiger partial charge in [0.1, 0.15) is 5.75 Å². The molecule has 1 aliphatic carbocycles. The number of nitrogens with one attached hydrogen (secondary N) is 1. The number of hydrogen-bond donors (Lipinski definition) is 1. The number of alkyl halides is 3. The Morgan fingerprint density at radius 1 is 1.32 bits per heavy atom. The summed E-state index contributed by atoms with van der Waals surface area (Å²) in [7, 11) is 0. The third-order valence-corrected chi connectivity index (χ3v) is 3.26. The Morgan fingerprint density at radius 3 is 2.63 bits per heavy atom. The molecule has 1 saturated carbocycles. The standard InChI is InChI=1S/C14H18F3NO/c1-9(2)18-8-10-7-12(10)11-5-3-4-6-13(11)19-14(15,16)17/h3-6,9-10,12,18H,7-8H2,1-2H3. The molecule has 1 aromatic carbocycles. The predicted molar refractivity (Wildman–Crippen MR) is 67.1 cm³/mol. The van der Waals surface area contributed by atoms with E-state index in [9.17, 15) is 13.2 Å². The molecule has 0 bridgehead atoms. The van der Waals surface area contributed by atoms with E-state index in [-0.39, 0.29) is 11.7 Å². The van der Waals surface area contributed by atoms with Crippen LogP contribution in [0, 0.1) is 5.92 Å². The predicted octanol–water partition coefficient (Wildman–Crippen LogP) is 3.69. The lowest BCUT2D eigenvalue weighted by Crippen LogP contribution is -2.25. The summed E-state index contributed by atoms with van der Waals surface area (Å²) in [5.74, 6) is 0.511. The van der Waals surface area contributed by atoms with Crippen LogP contribution >= 0.6 is 0 Å². The number of benzene rings is 1. The van der Waals surface area contributed by atoms with E-state index in [1.165, 1.54) is 6.07 Å². The van der Waals surface area contributed by atoms with Crippen LogP contribution in [-0.4, -0.2) is 18.9 Å². The maximum absolute atomic E-state index is 12.3. The lowest BCUT2D eigenvalue weighted by atomic mass is 10.1. The number of rotatable bonds is 5. The Hall–Kier alpha value is -1.23. The smallest absolute Gasteiger partial charge is 0.405 e. The molecule has 19 heavy (non-hydrogen) atoms. The monoisotopic (exact) mass is 273 g/mol. The lowest BCUT2D eigenvalue weighted by Gasteiger charge is -2.13. The molecule has 1 aliphatic rings. The third kappa shape index (κ3) is 4.13. The van der Waals surface area contributed by atoms with Crippen LogP contribution in [0.2, 0.25) is 0 Å². The van der Waals surface area contributed by atoms with Gasteiger partial charge in [-0.3, -0.25) is 0 Å². The molecule has 0 aliphatic heterocycles. The van der Waals surface area contributed by atoms with E-state index in [1.807, 2.05) is 0 Å². The van der Waals surface area contributed by atoms with Crippen LogP contribution in [0.15, 0.2) is 24.3 Å². The highest BCUT2D eigenvalue weighted by Crippen LogP contribution is 2.50. The summed E-state index contributed by atoms with van der Waals surface area (Å²) in [5, 5.41) is 3.31. The summed E-state index contributed by atoms with van der Waals surface area (Å²) in [6, 6.07) is 6.82. The van der Waals surface area contributed by atoms with Crippen molar-refractivity contribution in [2.45, 2.75) is 38.6 Å². The molecule has 2 rings (SSSR count). The maximum Gasteiger partial charge on any atom is 0.573 e. The first-order chi connectivity index (χ1) is 8.87. The average Bonchev–Trinajstić information content (AvgIpc) is 3.04. The molecule has 2 nitrogen and oxygen atoms in total. The summed E-state index contributed by atoms with van der Waals surface area (Å²) in [6.07, 6.45) is -3.71. The Bertz CT molecular complexity index is 431. The van der Waals surface area contributed by atoms with Crippen molar-refractivity contribution in [3.8, 4) is 5.75 Å². The van der Waals surface area contributed by atoms with Gasteiger partial charge in [0.25, 0.3) is 0 Å². The van der Waals surface area contributed by atoms with Gasteiger partial charge in [-0.1, -0.05) is 32.0 Å². The fraction of sp³-hybridized carbons (Fsp3) is 0.571. The molecular weight excluding hydrogens is 255 g/mol. The second-order valence-electron chi connectivity index (χ2n) is 5.25. The zero-order valence-electron chi connectivity index (χ0n) is 11.0. The highest BCUT2D eigenvalue weighted by Gasteiger charge is 2.41. The van der Waals surface area contributed by atoms with Gasteiger partial charge >= 0.3 is 6.36 Å². The molecule has 0 saturated heterocycles. The van der Waals surface area contributed by atoms with Gasteiger partial charge in [0.15, 0.2) is 0 Å². The van der Waals surface area contributed by atoms with Crippen LogP contribution in [0.3, 0.4) is 0 Å². The van der Waals surface area contributed by atoms with Crippen molar-refractivity contribution in [2.75, 3.05) is 6.54 Å². The number of ether oxygens (including phenoxy) is 1. The van der Waals surface area contributed by atoms with Gasteiger partial charge in [-0.05, 0) is 36.4 Å². The summed E-state index contributed by atoms with van der Waals surface area (Å²) in [5.41, 5.74) is 0.662. The highest BCUT2D eigenvalue weighted by atomic mass is 19.4. The normalized spacial score (nSPS) is 22.6. The molecule has 0 heterocycles. The number of halogens is 3. The van der Waals surface area contributed by atoms with Crippen molar-refractivity contribution < 1.29 is 17.9 Å². The minimum atomic E-state index is -4.63. The van der Waals surface area contributed by atoms with Crippen molar-refractivity contribution in [3.63, 3.8) is 0 Å². The van der Waals surface area contributed by atoms with E-state index in [0.717, 1.165) is 13.0 Å². The van der Waals surface area contributed by atoms with Crippen LogP contribution in [0.25, 0.3) is 0 Å². The zero-order chi connectivity index (χ0) is 14.0. The molecule has 106 valence electrons. The quantitative estimate of drug-likeness (QED) is 0.883. The number of hydrogen-bond acceptors (Lipinski definition) is 2. The molecule has 1 fully saturated rings. The van der Waals surface area contributed by atoms with E-state index in [4.69, 9.17) is 0 Å². The minimum Gasteiger partial charge on any atom is -0.405 e. The first-order valence-electron chi connectivity index (χ1n) is 6.45. The van der Waals surface area contributed by atoms with Crippen molar-refractivity contribution >= 4 is 0 Å². The Labute approximate surface area is 111 Å². The molecule has 0 amide bonds. The van der Waals surface area contributed by atoms with Gasteiger partial charge in [0.05, 0.1) is 0 Å². The average molecular weight is 273 g/mol. The summed E-state index contributed by atoms with van der Waals surface area (Å²) in [6.45, 7) is 4.94. The highest BCUT2D eigenvalue weighted by molar-refractivity contribution is 5.39. The third-order valence-electron chi connectivity index (χ3n) is 3.26. The lowest BCUT2D eigenvalue weighted by molar-refractivity contribution is -0.274. The van der Waals surface area contributed by atoms with Gasteiger partial charge in [-0.15, -0.1) is 13.2 Å². The SMILES string of the molecule is CC(C)NCC1CC1c1ccccc1OC(F)(F)F.